The molecule has 2 aliphatic rings. The van der Waals surface area contributed by atoms with E-state index in [1.54, 1.807) is 6.33 Å². The number of fused-ring (bicyclic) bond motifs is 3. The number of unbranched alkanes of at least 4 members (excludes halogenated alkanes) is 1. The largest absolute Gasteiger partial charge is 0.355 e. The number of aryl methyl sites for hydroxylation is 1. The zero-order chi connectivity index (χ0) is 19.5. The van der Waals surface area contributed by atoms with Gasteiger partial charge in [0.05, 0.1) is 11.9 Å². The average Bonchev–Trinajstić information content (AvgIpc) is 3.06. The standard InChI is InChI=1S/C21H31N5OS/c1-3-4-7-22-18(27)13-25-8-10-26(11-9-25)20-19-16-6-5-15(2)12-17(16)28-21(19)24-14-23-20/h14-15H,3-13H2,1-2H3,(H,22,27). The van der Waals surface area contributed by atoms with Crippen molar-refractivity contribution in [3.8, 4) is 0 Å². The Kier molecular flexibility index (Phi) is 6.11. The molecule has 2 aromatic rings. The highest BCUT2D eigenvalue weighted by molar-refractivity contribution is 7.19. The summed E-state index contributed by atoms with van der Waals surface area (Å²) in [5, 5.41) is 4.31. The fraction of sp³-hybridized carbons (Fsp3) is 0.667. The Bertz CT molecular complexity index is 828. The van der Waals surface area contributed by atoms with E-state index < -0.39 is 0 Å². The van der Waals surface area contributed by atoms with E-state index in [0.717, 1.165) is 68.6 Å². The van der Waals surface area contributed by atoms with Gasteiger partial charge in [-0.1, -0.05) is 20.3 Å². The maximum Gasteiger partial charge on any atom is 0.234 e. The second-order valence-corrected chi connectivity index (χ2v) is 9.28. The lowest BCUT2D eigenvalue weighted by Crippen LogP contribution is -2.49. The lowest BCUT2D eigenvalue weighted by molar-refractivity contribution is -0.122. The molecule has 1 atom stereocenters. The van der Waals surface area contributed by atoms with E-state index in [2.05, 4.69) is 38.9 Å². The predicted molar refractivity (Wildman–Crippen MR) is 115 cm³/mol. The van der Waals surface area contributed by atoms with Gasteiger partial charge in [0.25, 0.3) is 0 Å². The monoisotopic (exact) mass is 401 g/mol. The number of rotatable bonds is 6. The third-order valence-corrected chi connectivity index (χ3v) is 7.13. The first-order valence-electron chi connectivity index (χ1n) is 10.6. The van der Waals surface area contributed by atoms with Crippen LogP contribution in [-0.2, 0) is 17.6 Å². The second-order valence-electron chi connectivity index (χ2n) is 8.20. The molecule has 2 aromatic heterocycles. The topological polar surface area (TPSA) is 61.4 Å². The minimum atomic E-state index is 0.146. The Hall–Kier alpha value is -1.73. The number of anilines is 1. The number of aromatic nitrogens is 2. The fourth-order valence-corrected chi connectivity index (χ4v) is 5.62. The third-order valence-electron chi connectivity index (χ3n) is 5.96. The maximum atomic E-state index is 12.1. The number of thiophene rings is 1. The quantitative estimate of drug-likeness (QED) is 0.754. The van der Waals surface area contributed by atoms with E-state index in [1.165, 1.54) is 28.7 Å². The molecule has 7 heteroatoms. The molecule has 1 saturated heterocycles. The predicted octanol–water partition coefficient (Wildman–Crippen LogP) is 2.85. The number of nitrogens with one attached hydrogen (secondary N) is 1. The number of carbonyl (C=O) groups excluding carboxylic acids is 1. The molecule has 1 aliphatic carbocycles. The average molecular weight is 402 g/mol. The van der Waals surface area contributed by atoms with Crippen molar-refractivity contribution in [3.05, 3.63) is 16.8 Å². The molecule has 0 bridgehead atoms. The minimum absolute atomic E-state index is 0.146. The molecular weight excluding hydrogens is 370 g/mol. The van der Waals surface area contributed by atoms with E-state index in [4.69, 9.17) is 0 Å². The van der Waals surface area contributed by atoms with Crippen LogP contribution in [0.3, 0.4) is 0 Å². The van der Waals surface area contributed by atoms with Crippen molar-refractivity contribution in [3.63, 3.8) is 0 Å². The van der Waals surface area contributed by atoms with Gasteiger partial charge < -0.3 is 10.2 Å². The molecule has 3 heterocycles. The number of carbonyl (C=O) groups is 1. The van der Waals surface area contributed by atoms with Gasteiger partial charge in [-0.2, -0.15) is 0 Å². The summed E-state index contributed by atoms with van der Waals surface area (Å²) in [6.07, 6.45) is 7.46. The number of amides is 1. The van der Waals surface area contributed by atoms with Crippen LogP contribution in [0.25, 0.3) is 10.2 Å². The van der Waals surface area contributed by atoms with Gasteiger partial charge >= 0.3 is 0 Å². The van der Waals surface area contributed by atoms with E-state index in [9.17, 15) is 4.79 Å². The van der Waals surface area contributed by atoms with Crippen molar-refractivity contribution in [2.45, 2.75) is 46.0 Å². The molecule has 28 heavy (non-hydrogen) atoms. The van der Waals surface area contributed by atoms with Crippen LogP contribution in [0.4, 0.5) is 5.82 Å². The first-order chi connectivity index (χ1) is 13.7. The summed E-state index contributed by atoms with van der Waals surface area (Å²) in [6, 6.07) is 0. The number of piperazine rings is 1. The molecule has 152 valence electrons. The molecule has 1 aliphatic heterocycles. The maximum absolute atomic E-state index is 12.1. The smallest absolute Gasteiger partial charge is 0.234 e. The normalized spacial score (nSPS) is 20.4. The summed E-state index contributed by atoms with van der Waals surface area (Å²) in [5.41, 5.74) is 1.49. The van der Waals surface area contributed by atoms with Crippen molar-refractivity contribution in [2.75, 3.05) is 44.2 Å². The van der Waals surface area contributed by atoms with E-state index in [1.807, 2.05) is 11.3 Å². The second kappa shape index (κ2) is 8.74. The zero-order valence-corrected chi connectivity index (χ0v) is 17.9. The van der Waals surface area contributed by atoms with Crippen molar-refractivity contribution >= 4 is 33.3 Å². The van der Waals surface area contributed by atoms with Gasteiger partial charge in [0.15, 0.2) is 0 Å². The van der Waals surface area contributed by atoms with E-state index >= 15 is 0 Å². The summed E-state index contributed by atoms with van der Waals surface area (Å²) >= 11 is 1.86. The first-order valence-corrected chi connectivity index (χ1v) is 11.5. The molecule has 0 radical (unpaired) electrons. The highest BCUT2D eigenvalue weighted by atomic mass is 32.1. The van der Waals surface area contributed by atoms with E-state index in [0.29, 0.717) is 6.54 Å². The van der Waals surface area contributed by atoms with Crippen LogP contribution < -0.4 is 10.2 Å². The van der Waals surface area contributed by atoms with Crippen molar-refractivity contribution in [2.24, 2.45) is 5.92 Å². The van der Waals surface area contributed by atoms with Crippen LogP contribution in [0.15, 0.2) is 6.33 Å². The summed E-state index contributed by atoms with van der Waals surface area (Å²) < 4.78 is 0. The molecule has 6 nitrogen and oxygen atoms in total. The van der Waals surface area contributed by atoms with Crippen molar-refractivity contribution < 1.29 is 4.79 Å². The molecule has 1 fully saturated rings. The summed E-state index contributed by atoms with van der Waals surface area (Å²) in [7, 11) is 0. The Morgan fingerprint density at radius 2 is 2.11 bits per heavy atom. The number of hydrogen-bond acceptors (Lipinski definition) is 6. The van der Waals surface area contributed by atoms with Gasteiger partial charge in [-0.25, -0.2) is 9.97 Å². The molecule has 0 aromatic carbocycles. The lowest BCUT2D eigenvalue weighted by atomic mass is 9.89. The number of hydrogen-bond donors (Lipinski definition) is 1. The highest BCUT2D eigenvalue weighted by Crippen LogP contribution is 2.40. The Morgan fingerprint density at radius 3 is 2.89 bits per heavy atom. The summed E-state index contributed by atoms with van der Waals surface area (Å²) in [6.45, 7) is 9.40. The third kappa shape index (κ3) is 4.15. The minimum Gasteiger partial charge on any atom is -0.355 e. The Balaban J connectivity index is 1.42. The lowest BCUT2D eigenvalue weighted by Gasteiger charge is -2.35. The summed E-state index contributed by atoms with van der Waals surface area (Å²) in [4.78, 5) is 28.6. The van der Waals surface area contributed by atoms with Crippen LogP contribution in [-0.4, -0.2) is 60.0 Å². The van der Waals surface area contributed by atoms with Gasteiger partial charge in [-0.05, 0) is 37.2 Å². The fourth-order valence-electron chi connectivity index (χ4n) is 4.28. The molecular formula is C21H31N5OS. The summed E-state index contributed by atoms with van der Waals surface area (Å²) in [5.74, 6) is 2.01. The highest BCUT2D eigenvalue weighted by Gasteiger charge is 2.26. The number of nitrogens with zero attached hydrogens (tertiary/aromatic N) is 4. The molecule has 0 spiro atoms. The van der Waals surface area contributed by atoms with Gasteiger partial charge in [0.1, 0.15) is 17.0 Å². The van der Waals surface area contributed by atoms with Crippen LogP contribution in [0, 0.1) is 5.92 Å². The van der Waals surface area contributed by atoms with E-state index in [-0.39, 0.29) is 5.91 Å². The van der Waals surface area contributed by atoms with Crippen molar-refractivity contribution in [1.29, 1.82) is 0 Å². The SMILES string of the molecule is CCCCNC(=O)CN1CCN(c2ncnc3sc4c(c23)CCC(C)C4)CC1. The zero-order valence-electron chi connectivity index (χ0n) is 17.0. The molecule has 4 rings (SSSR count). The van der Waals surface area contributed by atoms with Crippen LogP contribution in [0.5, 0.6) is 0 Å². The Morgan fingerprint density at radius 1 is 1.29 bits per heavy atom. The molecule has 1 unspecified atom stereocenters. The van der Waals surface area contributed by atoms with Crippen molar-refractivity contribution in [1.82, 2.24) is 20.2 Å². The molecule has 1 N–H and O–H groups in total. The van der Waals surface area contributed by atoms with Gasteiger partial charge in [0.2, 0.25) is 5.91 Å². The van der Waals surface area contributed by atoms with Crippen LogP contribution >= 0.6 is 11.3 Å². The molecule has 0 saturated carbocycles. The Labute approximate surface area is 171 Å². The van der Waals surface area contributed by atoms with Gasteiger partial charge in [0, 0.05) is 37.6 Å². The molecule has 1 amide bonds. The van der Waals surface area contributed by atoms with Gasteiger partial charge in [-0.3, -0.25) is 9.69 Å². The van der Waals surface area contributed by atoms with Gasteiger partial charge in [-0.15, -0.1) is 11.3 Å². The first kappa shape index (κ1) is 19.6. The van der Waals surface area contributed by atoms with Crippen LogP contribution in [0.1, 0.15) is 43.6 Å². The van der Waals surface area contributed by atoms with Crippen LogP contribution in [0.2, 0.25) is 0 Å².